The summed E-state index contributed by atoms with van der Waals surface area (Å²) in [4.78, 5) is 14.7. The van der Waals surface area contributed by atoms with Gasteiger partial charge in [-0.3, -0.25) is 4.90 Å². The molecule has 3 fully saturated rings. The Hall–Kier alpha value is -1.45. The second-order valence-electron chi connectivity index (χ2n) is 10.3. The molecule has 0 aliphatic carbocycles. The van der Waals surface area contributed by atoms with Crippen LogP contribution in [-0.2, 0) is 6.42 Å². The van der Waals surface area contributed by atoms with Gasteiger partial charge in [-0.15, -0.1) is 11.3 Å². The third kappa shape index (κ3) is 4.35. The molecule has 0 saturated carbocycles. The Morgan fingerprint density at radius 3 is 2.62 bits per heavy atom. The third-order valence-corrected chi connectivity index (χ3v) is 8.56. The van der Waals surface area contributed by atoms with E-state index in [4.69, 9.17) is 0 Å². The van der Waals surface area contributed by atoms with Crippen molar-refractivity contribution in [1.29, 1.82) is 0 Å². The van der Waals surface area contributed by atoms with Gasteiger partial charge in [0.1, 0.15) is 17.0 Å². The molecule has 5 rings (SSSR count). The summed E-state index contributed by atoms with van der Waals surface area (Å²) < 4.78 is 38.6. The topological polar surface area (TPSA) is 44.3 Å². The summed E-state index contributed by atoms with van der Waals surface area (Å²) in [5.74, 6) is 2.21. The van der Waals surface area contributed by atoms with Crippen LogP contribution in [0.4, 0.5) is 19.0 Å². The molecule has 9 heteroatoms. The number of anilines is 1. The molecule has 2 aromatic heterocycles. The number of rotatable bonds is 5. The molecule has 0 aromatic carbocycles. The Balaban J connectivity index is 1.28. The summed E-state index contributed by atoms with van der Waals surface area (Å²) in [6.45, 7) is 11.0. The highest BCUT2D eigenvalue weighted by Crippen LogP contribution is 2.45. The van der Waals surface area contributed by atoms with Crippen LogP contribution in [0, 0.1) is 17.3 Å². The maximum Gasteiger partial charge on any atom is 0.393 e. The predicted octanol–water partition coefficient (Wildman–Crippen LogP) is 4.33. The minimum absolute atomic E-state index is 0.280. The van der Waals surface area contributed by atoms with Crippen LogP contribution in [0.15, 0.2) is 12.4 Å². The van der Waals surface area contributed by atoms with Gasteiger partial charge in [0.2, 0.25) is 0 Å². The van der Waals surface area contributed by atoms with Crippen molar-refractivity contribution in [3.8, 4) is 0 Å². The normalized spacial score (nSPS) is 23.4. The molecular formula is C23H32F3N5S. The van der Waals surface area contributed by atoms with Crippen molar-refractivity contribution in [1.82, 2.24) is 20.2 Å². The summed E-state index contributed by atoms with van der Waals surface area (Å²) in [5, 5.41) is 4.25. The van der Waals surface area contributed by atoms with Crippen molar-refractivity contribution in [3.05, 3.63) is 17.3 Å². The number of likely N-dealkylation sites (tertiary alicyclic amines) is 1. The largest absolute Gasteiger partial charge is 0.393 e. The van der Waals surface area contributed by atoms with Gasteiger partial charge < -0.3 is 10.2 Å². The van der Waals surface area contributed by atoms with Crippen molar-refractivity contribution in [3.63, 3.8) is 0 Å². The lowest BCUT2D eigenvalue weighted by Gasteiger charge is -2.55. The van der Waals surface area contributed by atoms with E-state index in [0.29, 0.717) is 21.7 Å². The monoisotopic (exact) mass is 467 g/mol. The van der Waals surface area contributed by atoms with E-state index in [0.717, 1.165) is 74.1 Å². The number of halogens is 3. The summed E-state index contributed by atoms with van der Waals surface area (Å²) >= 11 is 1.13. The second-order valence-corrected chi connectivity index (χ2v) is 11.4. The minimum Gasteiger partial charge on any atom is -0.355 e. The van der Waals surface area contributed by atoms with E-state index < -0.39 is 12.6 Å². The quantitative estimate of drug-likeness (QED) is 0.709. The average Bonchev–Trinajstić information content (AvgIpc) is 3.31. The number of fused-ring (bicyclic) bond motifs is 1. The summed E-state index contributed by atoms with van der Waals surface area (Å²) in [6, 6.07) is 2.29. The van der Waals surface area contributed by atoms with E-state index in [1.54, 1.807) is 6.07 Å². The first-order valence-corrected chi connectivity index (χ1v) is 12.5. The first-order chi connectivity index (χ1) is 15.2. The maximum atomic E-state index is 12.9. The highest BCUT2D eigenvalue weighted by molar-refractivity contribution is 7.18. The number of piperidine rings is 1. The molecule has 5 heterocycles. The summed E-state index contributed by atoms with van der Waals surface area (Å²) in [5.41, 5.74) is 0.280. The molecule has 176 valence electrons. The van der Waals surface area contributed by atoms with Crippen LogP contribution < -0.4 is 10.2 Å². The van der Waals surface area contributed by atoms with Gasteiger partial charge in [-0.2, -0.15) is 13.2 Å². The average molecular weight is 468 g/mol. The Bertz CT molecular complexity index is 947. The fraction of sp³-hybridized carbons (Fsp3) is 0.739. The molecular weight excluding hydrogens is 435 g/mol. The fourth-order valence-electron chi connectivity index (χ4n) is 6.28. The van der Waals surface area contributed by atoms with E-state index in [1.807, 2.05) is 0 Å². The fourth-order valence-corrected chi connectivity index (χ4v) is 7.30. The second kappa shape index (κ2) is 8.40. The van der Waals surface area contributed by atoms with Crippen molar-refractivity contribution >= 4 is 27.4 Å². The molecule has 0 radical (unpaired) electrons. The highest BCUT2D eigenvalue weighted by atomic mass is 32.1. The first kappa shape index (κ1) is 22.3. The zero-order valence-corrected chi connectivity index (χ0v) is 19.6. The minimum atomic E-state index is -4.21. The predicted molar refractivity (Wildman–Crippen MR) is 122 cm³/mol. The van der Waals surface area contributed by atoms with Crippen LogP contribution in [0.1, 0.15) is 38.0 Å². The molecule has 3 saturated heterocycles. The maximum absolute atomic E-state index is 12.9. The number of hydrogen-bond donors (Lipinski definition) is 1. The van der Waals surface area contributed by atoms with Gasteiger partial charge in [0.05, 0.1) is 11.8 Å². The molecule has 0 unspecified atom stereocenters. The molecule has 32 heavy (non-hydrogen) atoms. The number of thiophene rings is 1. The van der Waals surface area contributed by atoms with E-state index >= 15 is 0 Å². The lowest BCUT2D eigenvalue weighted by molar-refractivity contribution is -0.126. The molecule has 3 aliphatic rings. The Morgan fingerprint density at radius 1 is 1.19 bits per heavy atom. The molecule has 3 aliphatic heterocycles. The van der Waals surface area contributed by atoms with Crippen molar-refractivity contribution in [2.45, 2.75) is 51.7 Å². The molecule has 2 aromatic rings. The van der Waals surface area contributed by atoms with Gasteiger partial charge in [0.25, 0.3) is 0 Å². The van der Waals surface area contributed by atoms with Crippen LogP contribution in [0.2, 0.25) is 0 Å². The van der Waals surface area contributed by atoms with Gasteiger partial charge in [-0.25, -0.2) is 9.97 Å². The molecule has 0 bridgehead atoms. The van der Waals surface area contributed by atoms with Crippen LogP contribution in [-0.4, -0.2) is 66.4 Å². The standard InChI is InChI=1S/C23H32F3N5S/c1-15(2)19(16-3-6-27-7-4-16)31-12-22(13-31)5-8-30(11-22)20-18-9-17(10-23(24,25)26)32-21(18)29-14-28-20/h9,14-16,19,27H,3-8,10-13H2,1-2H3/t19-/m0/s1. The summed E-state index contributed by atoms with van der Waals surface area (Å²) in [6.07, 6.45) is 0.0231. The summed E-state index contributed by atoms with van der Waals surface area (Å²) in [7, 11) is 0. The number of nitrogens with one attached hydrogen (secondary N) is 1. The van der Waals surface area contributed by atoms with Gasteiger partial charge in [-0.05, 0) is 50.3 Å². The van der Waals surface area contributed by atoms with Crippen molar-refractivity contribution in [2.24, 2.45) is 17.3 Å². The first-order valence-electron chi connectivity index (χ1n) is 11.7. The van der Waals surface area contributed by atoms with Gasteiger partial charge in [0.15, 0.2) is 0 Å². The molecule has 1 spiro atoms. The van der Waals surface area contributed by atoms with Crippen LogP contribution in [0.5, 0.6) is 0 Å². The smallest absolute Gasteiger partial charge is 0.355 e. The lowest BCUT2D eigenvalue weighted by atomic mass is 9.73. The van der Waals surface area contributed by atoms with E-state index in [9.17, 15) is 13.2 Å². The zero-order valence-electron chi connectivity index (χ0n) is 18.8. The Labute approximate surface area is 191 Å². The number of hydrogen-bond acceptors (Lipinski definition) is 6. The lowest BCUT2D eigenvalue weighted by Crippen LogP contribution is -2.64. The van der Waals surface area contributed by atoms with Crippen LogP contribution in [0.3, 0.4) is 0 Å². The van der Waals surface area contributed by atoms with E-state index in [-0.39, 0.29) is 5.41 Å². The molecule has 5 nitrogen and oxygen atoms in total. The van der Waals surface area contributed by atoms with Gasteiger partial charge in [0, 0.05) is 42.5 Å². The van der Waals surface area contributed by atoms with Crippen LogP contribution >= 0.6 is 11.3 Å². The number of nitrogens with zero attached hydrogens (tertiary/aromatic N) is 4. The molecule has 1 atom stereocenters. The van der Waals surface area contributed by atoms with E-state index in [1.165, 1.54) is 19.2 Å². The molecule has 1 N–H and O–H groups in total. The van der Waals surface area contributed by atoms with Crippen molar-refractivity contribution in [2.75, 3.05) is 44.2 Å². The Morgan fingerprint density at radius 2 is 1.94 bits per heavy atom. The van der Waals surface area contributed by atoms with Crippen LogP contribution in [0.25, 0.3) is 10.2 Å². The Kier molecular flexibility index (Phi) is 5.87. The van der Waals surface area contributed by atoms with Gasteiger partial charge >= 0.3 is 6.18 Å². The molecule has 0 amide bonds. The third-order valence-electron chi connectivity index (χ3n) is 7.52. The zero-order chi connectivity index (χ0) is 22.5. The van der Waals surface area contributed by atoms with Gasteiger partial charge in [-0.1, -0.05) is 13.8 Å². The highest BCUT2D eigenvalue weighted by Gasteiger charge is 2.51. The SMILES string of the molecule is CC(C)[C@@H](C1CCNCC1)N1CC2(CCN(c3ncnc4sc(CC(F)(F)F)cc34)C2)C1. The van der Waals surface area contributed by atoms with Crippen molar-refractivity contribution < 1.29 is 13.2 Å². The van der Waals surface area contributed by atoms with E-state index in [2.05, 4.69) is 38.9 Å². The number of alkyl halides is 3. The number of aromatic nitrogens is 2.